The predicted octanol–water partition coefficient (Wildman–Crippen LogP) is 2.80. The number of likely N-dealkylation sites (tertiary alicyclic amines) is 1. The van der Waals surface area contributed by atoms with Crippen molar-refractivity contribution in [3.8, 4) is 0 Å². The Labute approximate surface area is 123 Å². The topological polar surface area (TPSA) is 32.3 Å². The van der Waals surface area contributed by atoms with Crippen LogP contribution < -0.4 is 5.32 Å². The third kappa shape index (κ3) is 2.74. The fourth-order valence-electron chi connectivity index (χ4n) is 4.78. The zero-order valence-corrected chi connectivity index (χ0v) is 13.1. The van der Waals surface area contributed by atoms with Crippen molar-refractivity contribution in [2.24, 2.45) is 17.8 Å². The van der Waals surface area contributed by atoms with Gasteiger partial charge in [0.05, 0.1) is 0 Å². The number of amides is 1. The Hall–Kier alpha value is -0.570. The van der Waals surface area contributed by atoms with Crippen molar-refractivity contribution in [3.63, 3.8) is 0 Å². The van der Waals surface area contributed by atoms with E-state index in [-0.39, 0.29) is 5.92 Å². The van der Waals surface area contributed by atoms with Crippen LogP contribution in [-0.4, -0.2) is 36.0 Å². The summed E-state index contributed by atoms with van der Waals surface area (Å²) in [5, 5.41) is 3.46. The van der Waals surface area contributed by atoms with E-state index in [9.17, 15) is 4.79 Å². The van der Waals surface area contributed by atoms with E-state index in [0.717, 1.165) is 37.8 Å². The summed E-state index contributed by atoms with van der Waals surface area (Å²) >= 11 is 0. The van der Waals surface area contributed by atoms with Crippen molar-refractivity contribution >= 4 is 5.91 Å². The van der Waals surface area contributed by atoms with E-state index in [0.29, 0.717) is 18.0 Å². The molecule has 1 saturated carbocycles. The van der Waals surface area contributed by atoms with E-state index in [4.69, 9.17) is 0 Å². The van der Waals surface area contributed by atoms with Gasteiger partial charge in [-0.15, -0.1) is 0 Å². The molecule has 0 radical (unpaired) electrons. The van der Waals surface area contributed by atoms with Gasteiger partial charge < -0.3 is 10.2 Å². The number of hydrogen-bond acceptors (Lipinski definition) is 2. The van der Waals surface area contributed by atoms with Crippen LogP contribution in [0, 0.1) is 17.8 Å². The zero-order valence-electron chi connectivity index (χ0n) is 13.1. The summed E-state index contributed by atoms with van der Waals surface area (Å²) in [5.41, 5.74) is 0. The summed E-state index contributed by atoms with van der Waals surface area (Å²) in [4.78, 5) is 15.3. The Morgan fingerprint density at radius 3 is 2.70 bits per heavy atom. The van der Waals surface area contributed by atoms with Crippen molar-refractivity contribution in [3.05, 3.63) is 0 Å². The normalized spacial score (nSPS) is 42.1. The van der Waals surface area contributed by atoms with Gasteiger partial charge in [0.1, 0.15) is 0 Å². The molecule has 0 spiro atoms. The third-order valence-corrected chi connectivity index (χ3v) is 5.99. The highest BCUT2D eigenvalue weighted by atomic mass is 16.2. The number of carbonyl (C=O) groups is 1. The number of rotatable bonds is 1. The lowest BCUT2D eigenvalue weighted by molar-refractivity contribution is -0.144. The lowest BCUT2D eigenvalue weighted by Gasteiger charge is -2.48. The van der Waals surface area contributed by atoms with Gasteiger partial charge in [0.15, 0.2) is 0 Å². The van der Waals surface area contributed by atoms with Crippen molar-refractivity contribution in [1.29, 1.82) is 0 Å². The van der Waals surface area contributed by atoms with E-state index in [2.05, 4.69) is 24.1 Å². The molecule has 2 saturated heterocycles. The van der Waals surface area contributed by atoms with Gasteiger partial charge in [-0.3, -0.25) is 4.79 Å². The first-order valence-electron chi connectivity index (χ1n) is 8.70. The molecule has 0 aromatic carbocycles. The van der Waals surface area contributed by atoms with E-state index in [1.54, 1.807) is 0 Å². The van der Waals surface area contributed by atoms with Crippen LogP contribution in [0.1, 0.15) is 58.8 Å². The fourth-order valence-corrected chi connectivity index (χ4v) is 4.78. The minimum Gasteiger partial charge on any atom is -0.339 e. The zero-order chi connectivity index (χ0) is 14.1. The molecular formula is C17H30N2O. The molecule has 20 heavy (non-hydrogen) atoms. The first-order chi connectivity index (χ1) is 9.66. The van der Waals surface area contributed by atoms with Crippen molar-refractivity contribution < 1.29 is 4.79 Å². The molecule has 114 valence electrons. The lowest BCUT2D eigenvalue weighted by Crippen LogP contribution is -2.55. The van der Waals surface area contributed by atoms with Gasteiger partial charge >= 0.3 is 0 Å². The summed E-state index contributed by atoms with van der Waals surface area (Å²) in [6, 6.07) is 1.06. The molecule has 2 aliphatic heterocycles. The highest BCUT2D eigenvalue weighted by Gasteiger charge is 2.41. The number of hydrogen-bond donors (Lipinski definition) is 1. The summed E-state index contributed by atoms with van der Waals surface area (Å²) in [6.45, 7) is 6.63. The van der Waals surface area contributed by atoms with Crippen LogP contribution in [0.25, 0.3) is 0 Å². The second-order valence-corrected chi connectivity index (χ2v) is 7.39. The van der Waals surface area contributed by atoms with Gasteiger partial charge in [-0.05, 0) is 57.4 Å². The molecule has 1 amide bonds. The number of carbonyl (C=O) groups excluding carboxylic acids is 1. The minimum absolute atomic E-state index is 0.280. The molecule has 5 unspecified atom stereocenters. The van der Waals surface area contributed by atoms with Crippen LogP contribution in [0.4, 0.5) is 0 Å². The molecule has 5 atom stereocenters. The van der Waals surface area contributed by atoms with E-state index >= 15 is 0 Å². The molecule has 0 bridgehead atoms. The molecule has 1 aliphatic carbocycles. The van der Waals surface area contributed by atoms with Crippen LogP contribution in [0.3, 0.4) is 0 Å². The standard InChI is InChI=1S/C17H30N2O/c1-12-8-10-19(16-6-4-3-5-15(12)16)17(20)14-7-9-18-13(2)11-14/h12-16,18H,3-11H2,1-2H3. The maximum Gasteiger partial charge on any atom is 0.226 e. The summed E-state index contributed by atoms with van der Waals surface area (Å²) in [6.07, 6.45) is 8.57. The van der Waals surface area contributed by atoms with Gasteiger partial charge in [0.25, 0.3) is 0 Å². The van der Waals surface area contributed by atoms with Crippen molar-refractivity contribution in [2.75, 3.05) is 13.1 Å². The fraction of sp³-hybridized carbons (Fsp3) is 0.941. The Bertz CT molecular complexity index is 357. The maximum absolute atomic E-state index is 13.0. The van der Waals surface area contributed by atoms with Crippen molar-refractivity contribution in [1.82, 2.24) is 10.2 Å². The van der Waals surface area contributed by atoms with Crippen LogP contribution >= 0.6 is 0 Å². The largest absolute Gasteiger partial charge is 0.339 e. The average molecular weight is 278 g/mol. The first-order valence-corrected chi connectivity index (χ1v) is 8.70. The van der Waals surface area contributed by atoms with Gasteiger partial charge in [0.2, 0.25) is 5.91 Å². The number of fused-ring (bicyclic) bond motifs is 1. The molecule has 0 aromatic heterocycles. The molecule has 3 rings (SSSR count). The summed E-state index contributed by atoms with van der Waals surface area (Å²) < 4.78 is 0. The molecule has 2 heterocycles. The quantitative estimate of drug-likeness (QED) is 0.800. The average Bonchev–Trinajstić information content (AvgIpc) is 2.47. The number of nitrogens with one attached hydrogen (secondary N) is 1. The lowest BCUT2D eigenvalue weighted by atomic mass is 9.72. The molecule has 3 heteroatoms. The Morgan fingerprint density at radius 2 is 1.90 bits per heavy atom. The number of piperidine rings is 2. The monoisotopic (exact) mass is 278 g/mol. The van der Waals surface area contributed by atoms with E-state index in [1.165, 1.54) is 32.1 Å². The van der Waals surface area contributed by atoms with Crippen LogP contribution in [-0.2, 0) is 4.79 Å². The van der Waals surface area contributed by atoms with Gasteiger partial charge in [-0.25, -0.2) is 0 Å². The molecular weight excluding hydrogens is 248 g/mol. The SMILES string of the molecule is CC1CC(C(=O)N2CCC(C)C3CCCCC32)CCN1. The summed E-state index contributed by atoms with van der Waals surface area (Å²) in [5.74, 6) is 2.35. The van der Waals surface area contributed by atoms with Crippen molar-refractivity contribution in [2.45, 2.75) is 70.9 Å². The van der Waals surface area contributed by atoms with Gasteiger partial charge in [-0.2, -0.15) is 0 Å². The van der Waals surface area contributed by atoms with Crippen LogP contribution in [0.5, 0.6) is 0 Å². The maximum atomic E-state index is 13.0. The number of nitrogens with zero attached hydrogens (tertiary/aromatic N) is 1. The highest BCUT2D eigenvalue weighted by Crippen LogP contribution is 2.39. The molecule has 3 nitrogen and oxygen atoms in total. The second kappa shape index (κ2) is 6.05. The van der Waals surface area contributed by atoms with Gasteiger partial charge in [0, 0.05) is 24.5 Å². The third-order valence-electron chi connectivity index (χ3n) is 5.99. The smallest absolute Gasteiger partial charge is 0.226 e. The van der Waals surface area contributed by atoms with Crippen LogP contribution in [0.15, 0.2) is 0 Å². The molecule has 3 fully saturated rings. The molecule has 1 N–H and O–H groups in total. The highest BCUT2D eigenvalue weighted by molar-refractivity contribution is 5.79. The molecule has 0 aromatic rings. The predicted molar refractivity (Wildman–Crippen MR) is 81.4 cm³/mol. The first kappa shape index (κ1) is 14.4. The van der Waals surface area contributed by atoms with E-state index < -0.39 is 0 Å². The second-order valence-electron chi connectivity index (χ2n) is 7.39. The summed E-state index contributed by atoms with van der Waals surface area (Å²) in [7, 11) is 0. The molecule has 3 aliphatic rings. The Balaban J connectivity index is 1.70. The minimum atomic E-state index is 0.280. The Kier molecular flexibility index (Phi) is 4.34. The Morgan fingerprint density at radius 1 is 1.10 bits per heavy atom. The van der Waals surface area contributed by atoms with E-state index in [1.807, 2.05) is 0 Å². The van der Waals surface area contributed by atoms with Crippen LogP contribution in [0.2, 0.25) is 0 Å². The van der Waals surface area contributed by atoms with Gasteiger partial charge in [-0.1, -0.05) is 19.8 Å².